The van der Waals surface area contributed by atoms with Crippen molar-refractivity contribution < 1.29 is 9.59 Å². The fraction of sp³-hybridized carbons (Fsp3) is 0.273. The van der Waals surface area contributed by atoms with Crippen LogP contribution in [0.2, 0.25) is 0 Å². The Morgan fingerprint density at radius 2 is 1.11 bits per heavy atom. The third-order valence-electron chi connectivity index (χ3n) is 6.21. The third kappa shape index (κ3) is 1.80. The number of fused-ring (bicyclic) bond motifs is 2. The first kappa shape index (κ1) is 17.8. The molecule has 28 heavy (non-hydrogen) atoms. The van der Waals surface area contributed by atoms with Gasteiger partial charge in [-0.1, -0.05) is 36.4 Å². The van der Waals surface area contributed by atoms with E-state index in [1.54, 1.807) is 38.4 Å². The lowest BCUT2D eigenvalue weighted by atomic mass is 9.55. The second-order valence-corrected chi connectivity index (χ2v) is 7.24. The number of amides is 2. The van der Waals surface area contributed by atoms with Crippen molar-refractivity contribution in [3.63, 3.8) is 0 Å². The van der Waals surface area contributed by atoms with E-state index in [9.17, 15) is 20.1 Å². The van der Waals surface area contributed by atoms with E-state index in [2.05, 4.69) is 12.1 Å². The smallest absolute Gasteiger partial charge is 0.240 e. The molecule has 0 radical (unpaired) electrons. The van der Waals surface area contributed by atoms with Gasteiger partial charge >= 0.3 is 0 Å². The summed E-state index contributed by atoms with van der Waals surface area (Å²) in [7, 11) is 3.30. The summed E-state index contributed by atoms with van der Waals surface area (Å²) in [5.74, 6) is -0.659. The average molecular weight is 370 g/mol. The highest BCUT2D eigenvalue weighted by Gasteiger charge is 2.69. The van der Waals surface area contributed by atoms with Crippen LogP contribution in [-0.2, 0) is 20.4 Å². The number of benzene rings is 2. The summed E-state index contributed by atoms with van der Waals surface area (Å²) >= 11 is 0. The number of carbonyl (C=O) groups excluding carboxylic acids is 2. The van der Waals surface area contributed by atoms with Crippen molar-refractivity contribution in [3.8, 4) is 12.1 Å². The van der Waals surface area contributed by atoms with Crippen LogP contribution in [0.5, 0.6) is 0 Å². The summed E-state index contributed by atoms with van der Waals surface area (Å²) in [6, 6.07) is 18.7. The molecule has 2 heterocycles. The summed E-state index contributed by atoms with van der Waals surface area (Å²) in [5.41, 5.74) is -0.336. The normalized spacial score (nSPS) is 25.3. The van der Waals surface area contributed by atoms with Gasteiger partial charge in [0.15, 0.2) is 0 Å². The number of nitriles is 2. The number of carbonyl (C=O) groups is 2. The summed E-state index contributed by atoms with van der Waals surface area (Å²) in [6.07, 6.45) is -0.383. The Labute approximate surface area is 163 Å². The minimum Gasteiger partial charge on any atom is -0.314 e. The van der Waals surface area contributed by atoms with Crippen LogP contribution in [0, 0.1) is 22.7 Å². The molecule has 138 valence electrons. The molecule has 6 heteroatoms. The van der Waals surface area contributed by atoms with Crippen molar-refractivity contribution in [2.24, 2.45) is 0 Å². The highest BCUT2D eigenvalue weighted by atomic mass is 16.2. The molecule has 2 aliphatic heterocycles. The lowest BCUT2D eigenvalue weighted by Crippen LogP contribution is -2.59. The Kier molecular flexibility index (Phi) is 3.76. The van der Waals surface area contributed by atoms with E-state index in [0.717, 1.165) is 0 Å². The van der Waals surface area contributed by atoms with Gasteiger partial charge in [0.05, 0.1) is 25.0 Å². The van der Waals surface area contributed by atoms with Crippen LogP contribution in [0.1, 0.15) is 24.0 Å². The first-order chi connectivity index (χ1) is 13.5. The molecule has 0 N–H and O–H groups in total. The number of rotatable bonds is 3. The number of para-hydroxylation sites is 2. The largest absolute Gasteiger partial charge is 0.314 e. The first-order valence-electron chi connectivity index (χ1n) is 8.96. The van der Waals surface area contributed by atoms with E-state index in [1.807, 2.05) is 24.3 Å². The molecule has 2 aliphatic rings. The molecular formula is C22H18N4O2. The molecule has 0 saturated carbocycles. The zero-order chi connectivity index (χ0) is 20.1. The van der Waals surface area contributed by atoms with Gasteiger partial charge in [0.1, 0.15) is 10.8 Å². The fourth-order valence-corrected chi connectivity index (χ4v) is 4.98. The number of hydrogen-bond donors (Lipinski definition) is 0. The van der Waals surface area contributed by atoms with Crippen LogP contribution >= 0.6 is 0 Å². The van der Waals surface area contributed by atoms with E-state index in [-0.39, 0.29) is 24.7 Å². The number of anilines is 2. The monoisotopic (exact) mass is 370 g/mol. The molecule has 0 fully saturated rings. The summed E-state index contributed by atoms with van der Waals surface area (Å²) in [4.78, 5) is 30.4. The van der Waals surface area contributed by atoms with Gasteiger partial charge in [-0.25, -0.2) is 0 Å². The van der Waals surface area contributed by atoms with Gasteiger partial charge in [0.2, 0.25) is 11.8 Å². The quantitative estimate of drug-likeness (QED) is 0.831. The van der Waals surface area contributed by atoms with Gasteiger partial charge < -0.3 is 9.80 Å². The van der Waals surface area contributed by atoms with Crippen molar-refractivity contribution in [3.05, 3.63) is 59.7 Å². The molecule has 0 aliphatic carbocycles. The zero-order valence-electron chi connectivity index (χ0n) is 15.6. The van der Waals surface area contributed by atoms with Crippen LogP contribution in [0.3, 0.4) is 0 Å². The minimum absolute atomic E-state index is 0.192. The van der Waals surface area contributed by atoms with Gasteiger partial charge in [0, 0.05) is 25.5 Å². The summed E-state index contributed by atoms with van der Waals surface area (Å²) in [6.45, 7) is 0. The van der Waals surface area contributed by atoms with E-state index in [0.29, 0.717) is 22.5 Å². The zero-order valence-corrected chi connectivity index (χ0v) is 15.6. The second-order valence-electron chi connectivity index (χ2n) is 7.24. The van der Waals surface area contributed by atoms with Crippen molar-refractivity contribution in [1.29, 1.82) is 10.5 Å². The molecule has 0 spiro atoms. The van der Waals surface area contributed by atoms with Crippen LogP contribution in [-0.4, -0.2) is 25.9 Å². The lowest BCUT2D eigenvalue weighted by molar-refractivity contribution is -0.134. The fourth-order valence-electron chi connectivity index (χ4n) is 4.98. The molecule has 0 saturated heterocycles. The van der Waals surface area contributed by atoms with E-state index >= 15 is 0 Å². The Balaban J connectivity index is 2.16. The summed E-state index contributed by atoms with van der Waals surface area (Å²) in [5, 5.41) is 19.5. The van der Waals surface area contributed by atoms with E-state index in [1.165, 1.54) is 9.80 Å². The maximum absolute atomic E-state index is 13.7. The molecule has 0 bridgehead atoms. The molecule has 2 unspecified atom stereocenters. The minimum atomic E-state index is -1.46. The van der Waals surface area contributed by atoms with E-state index in [4.69, 9.17) is 0 Å². The summed E-state index contributed by atoms with van der Waals surface area (Å²) < 4.78 is 0. The molecule has 2 atom stereocenters. The van der Waals surface area contributed by atoms with Gasteiger partial charge in [-0.3, -0.25) is 9.59 Å². The van der Waals surface area contributed by atoms with Crippen molar-refractivity contribution >= 4 is 23.2 Å². The highest BCUT2D eigenvalue weighted by molar-refractivity contribution is 6.18. The molecular weight excluding hydrogens is 352 g/mol. The van der Waals surface area contributed by atoms with Crippen LogP contribution < -0.4 is 9.80 Å². The third-order valence-corrected chi connectivity index (χ3v) is 6.21. The van der Waals surface area contributed by atoms with Crippen LogP contribution in [0.15, 0.2) is 48.5 Å². The molecule has 2 aromatic carbocycles. The van der Waals surface area contributed by atoms with Gasteiger partial charge in [-0.15, -0.1) is 0 Å². The first-order valence-corrected chi connectivity index (χ1v) is 8.96. The standard InChI is InChI=1S/C22H18N4O2/c1-25-17-9-5-3-7-15(17)21(11-13-23,19(25)27)22(12-14-24)16-8-4-6-10-18(16)26(2)20(22)28/h3-10H,11-12H2,1-2H3. The van der Waals surface area contributed by atoms with Gasteiger partial charge in [-0.05, 0) is 23.3 Å². The molecule has 4 rings (SSSR count). The topological polar surface area (TPSA) is 88.2 Å². The van der Waals surface area contributed by atoms with Crippen LogP contribution in [0.25, 0.3) is 0 Å². The van der Waals surface area contributed by atoms with Crippen molar-refractivity contribution in [2.75, 3.05) is 23.9 Å². The number of nitrogens with zero attached hydrogens (tertiary/aromatic N) is 4. The second kappa shape index (κ2) is 5.94. The predicted molar refractivity (Wildman–Crippen MR) is 104 cm³/mol. The lowest BCUT2D eigenvalue weighted by Gasteiger charge is -2.41. The van der Waals surface area contributed by atoms with E-state index < -0.39 is 10.8 Å². The van der Waals surface area contributed by atoms with Crippen molar-refractivity contribution in [1.82, 2.24) is 0 Å². The maximum atomic E-state index is 13.7. The van der Waals surface area contributed by atoms with Crippen molar-refractivity contribution in [2.45, 2.75) is 23.7 Å². The molecule has 0 aromatic heterocycles. The molecule has 2 aromatic rings. The predicted octanol–water partition coefficient (Wildman–Crippen LogP) is 2.64. The average Bonchev–Trinajstić information content (AvgIpc) is 3.07. The van der Waals surface area contributed by atoms with Gasteiger partial charge in [0.25, 0.3) is 0 Å². The Morgan fingerprint density at radius 1 is 0.750 bits per heavy atom. The Morgan fingerprint density at radius 3 is 1.46 bits per heavy atom. The SMILES string of the molecule is CN1C(=O)C(CC#N)(C2(CC#N)C(=O)N(C)c3ccccc32)c2ccccc21. The Bertz CT molecular complexity index is 1010. The van der Waals surface area contributed by atoms with Gasteiger partial charge in [-0.2, -0.15) is 10.5 Å². The molecule has 2 amide bonds. The molecule has 6 nitrogen and oxygen atoms in total. The Hall–Kier alpha value is -3.64. The maximum Gasteiger partial charge on any atom is 0.240 e. The number of hydrogen-bond acceptors (Lipinski definition) is 4. The van der Waals surface area contributed by atoms with Crippen LogP contribution in [0.4, 0.5) is 11.4 Å². The highest BCUT2D eigenvalue weighted by Crippen LogP contribution is 2.60. The number of likely N-dealkylation sites (N-methyl/N-ethyl adjacent to an activating group) is 2.